The van der Waals surface area contributed by atoms with Gasteiger partial charge in [0.05, 0.1) is 18.6 Å². The largest absolute Gasteiger partial charge is 0.456 e. The average molecular weight is 455 g/mol. The van der Waals surface area contributed by atoms with E-state index in [4.69, 9.17) is 18.9 Å². The maximum Gasteiger partial charge on any atom is 0.331 e. The van der Waals surface area contributed by atoms with Crippen LogP contribution in [-0.4, -0.2) is 49.2 Å². The molecule has 3 aliphatic rings. The van der Waals surface area contributed by atoms with Gasteiger partial charge in [0.1, 0.15) is 23.4 Å². The molecular weight excluding hydrogens is 416 g/mol. The number of esters is 1. The Morgan fingerprint density at radius 2 is 1.70 bits per heavy atom. The van der Waals surface area contributed by atoms with E-state index in [2.05, 4.69) is 26.8 Å². The van der Waals surface area contributed by atoms with Gasteiger partial charge in [0.2, 0.25) is 0 Å². The van der Waals surface area contributed by atoms with Gasteiger partial charge in [-0.3, -0.25) is 0 Å². The zero-order valence-corrected chi connectivity index (χ0v) is 20.5. The second-order valence-corrected chi connectivity index (χ2v) is 9.39. The molecule has 2 heterocycles. The molecule has 0 radical (unpaired) electrons. The van der Waals surface area contributed by atoms with Crippen LogP contribution in [0.1, 0.15) is 47.0 Å². The van der Waals surface area contributed by atoms with Crippen LogP contribution in [0.4, 0.5) is 0 Å². The van der Waals surface area contributed by atoms with E-state index in [0.717, 1.165) is 19.3 Å². The van der Waals surface area contributed by atoms with Crippen molar-refractivity contribution in [2.75, 3.05) is 13.7 Å². The molecular formula is C28H38O5. The summed E-state index contributed by atoms with van der Waals surface area (Å²) >= 11 is 0. The van der Waals surface area contributed by atoms with Crippen LogP contribution in [0.15, 0.2) is 72.4 Å². The van der Waals surface area contributed by atoms with Crippen molar-refractivity contribution >= 4 is 5.97 Å². The number of methoxy groups -OCH3 is 1. The van der Waals surface area contributed by atoms with Crippen LogP contribution in [0.25, 0.3) is 0 Å². The molecule has 0 N–H and O–H groups in total. The highest BCUT2D eigenvalue weighted by molar-refractivity contribution is 5.82. The van der Waals surface area contributed by atoms with E-state index in [9.17, 15) is 4.79 Å². The fourth-order valence-electron chi connectivity index (χ4n) is 4.89. The normalized spacial score (nSPS) is 36.0. The highest BCUT2D eigenvalue weighted by Gasteiger charge is 2.72. The number of carbonyl (C=O) groups excluding carboxylic acids is 1. The quantitative estimate of drug-likeness (QED) is 0.145. The first-order valence-electron chi connectivity index (χ1n) is 11.8. The van der Waals surface area contributed by atoms with Crippen molar-refractivity contribution in [3.8, 4) is 0 Å². The predicted molar refractivity (Wildman–Crippen MR) is 131 cm³/mol. The van der Waals surface area contributed by atoms with Gasteiger partial charge in [0, 0.05) is 13.2 Å². The summed E-state index contributed by atoms with van der Waals surface area (Å²) in [6.45, 7) is 9.03. The molecule has 1 unspecified atom stereocenters. The maximum absolute atomic E-state index is 12.5. The number of hydrogen-bond acceptors (Lipinski definition) is 5. The van der Waals surface area contributed by atoms with Gasteiger partial charge >= 0.3 is 5.97 Å². The Bertz CT molecular complexity index is 854. The Morgan fingerprint density at radius 1 is 1.06 bits per heavy atom. The Hall–Kier alpha value is -2.21. The molecule has 5 nitrogen and oxygen atoms in total. The number of allylic oxidation sites excluding steroid dienone is 10. The maximum atomic E-state index is 12.5. The summed E-state index contributed by atoms with van der Waals surface area (Å²) in [4.78, 5) is 12.5. The van der Waals surface area contributed by atoms with E-state index in [0.29, 0.717) is 6.61 Å². The van der Waals surface area contributed by atoms with Gasteiger partial charge in [0.15, 0.2) is 0 Å². The molecule has 2 aliphatic heterocycles. The molecule has 1 spiro atoms. The average Bonchev–Trinajstić information content (AvgIpc) is 3.69. The van der Waals surface area contributed by atoms with E-state index in [-0.39, 0.29) is 41.4 Å². The molecule has 180 valence electrons. The molecule has 33 heavy (non-hydrogen) atoms. The van der Waals surface area contributed by atoms with Gasteiger partial charge in [-0.1, -0.05) is 66.3 Å². The molecule has 3 fully saturated rings. The lowest BCUT2D eigenvalue weighted by atomic mass is 9.68. The van der Waals surface area contributed by atoms with Crippen molar-refractivity contribution in [2.45, 2.75) is 76.5 Å². The molecule has 0 aromatic heterocycles. The fourth-order valence-corrected chi connectivity index (χ4v) is 4.89. The second-order valence-electron chi connectivity index (χ2n) is 9.39. The molecule has 6 atom stereocenters. The first-order chi connectivity index (χ1) is 15.9. The van der Waals surface area contributed by atoms with Crippen LogP contribution in [0, 0.1) is 5.92 Å². The molecule has 0 aromatic rings. The van der Waals surface area contributed by atoms with Gasteiger partial charge < -0.3 is 18.9 Å². The number of epoxide rings is 2. The minimum absolute atomic E-state index is 0.0294. The summed E-state index contributed by atoms with van der Waals surface area (Å²) in [7, 11) is 1.69. The summed E-state index contributed by atoms with van der Waals surface area (Å²) in [6.07, 6.45) is 22.7. The van der Waals surface area contributed by atoms with E-state index in [1.807, 2.05) is 49.5 Å². The number of hydrogen-bond donors (Lipinski definition) is 0. The van der Waals surface area contributed by atoms with Crippen molar-refractivity contribution in [3.63, 3.8) is 0 Å². The van der Waals surface area contributed by atoms with E-state index < -0.39 is 0 Å². The van der Waals surface area contributed by atoms with Crippen molar-refractivity contribution in [3.05, 3.63) is 72.4 Å². The van der Waals surface area contributed by atoms with Gasteiger partial charge in [-0.2, -0.15) is 0 Å². The third-order valence-electron chi connectivity index (χ3n) is 6.71. The van der Waals surface area contributed by atoms with Crippen LogP contribution >= 0.6 is 0 Å². The lowest BCUT2D eigenvalue weighted by molar-refractivity contribution is -0.166. The molecule has 2 saturated heterocycles. The summed E-state index contributed by atoms with van der Waals surface area (Å²) < 4.78 is 23.9. The standard InChI is InChI=1S/C28H38O5/c1-6-7-8-9-10-11-12-13-14-15-24(29)32-22-18-19-28(20-31-28)26(25(22)30-5)27(4)23(33-27)17-16-21(2)3/h6-16,22-23,25-26H,17-20H2,1-5H3/b7-6+,9-8+,11-10+,13-12+,15-14+/t22-,23?,25-,26-,27+,28+/m1/s1. The highest BCUT2D eigenvalue weighted by Crippen LogP contribution is 2.59. The van der Waals surface area contributed by atoms with Crippen LogP contribution in [0.5, 0.6) is 0 Å². The van der Waals surface area contributed by atoms with E-state index in [1.165, 1.54) is 11.6 Å². The fraction of sp³-hybridized carbons (Fsp3) is 0.536. The Kier molecular flexibility index (Phi) is 8.69. The van der Waals surface area contributed by atoms with E-state index >= 15 is 0 Å². The van der Waals surface area contributed by atoms with Gasteiger partial charge in [0.25, 0.3) is 0 Å². The van der Waals surface area contributed by atoms with Crippen molar-refractivity contribution in [1.82, 2.24) is 0 Å². The van der Waals surface area contributed by atoms with Crippen molar-refractivity contribution in [1.29, 1.82) is 0 Å². The Labute approximate surface area is 198 Å². The predicted octanol–water partition coefficient (Wildman–Crippen LogP) is 5.41. The van der Waals surface area contributed by atoms with Crippen LogP contribution in [0.3, 0.4) is 0 Å². The number of ether oxygens (including phenoxy) is 4. The molecule has 0 amide bonds. The molecule has 5 heteroatoms. The lowest BCUT2D eigenvalue weighted by Gasteiger charge is -2.42. The third-order valence-corrected chi connectivity index (χ3v) is 6.71. The molecule has 0 aromatic carbocycles. The van der Waals surface area contributed by atoms with Crippen LogP contribution in [0.2, 0.25) is 0 Å². The summed E-state index contributed by atoms with van der Waals surface area (Å²) in [5, 5.41) is 0. The van der Waals surface area contributed by atoms with Gasteiger partial charge in [-0.25, -0.2) is 4.79 Å². The minimum atomic E-state index is -0.363. The van der Waals surface area contributed by atoms with Crippen molar-refractivity contribution in [2.24, 2.45) is 5.92 Å². The van der Waals surface area contributed by atoms with Gasteiger partial charge in [-0.15, -0.1) is 0 Å². The molecule has 3 rings (SSSR count). The molecule has 1 aliphatic carbocycles. The first kappa shape index (κ1) is 25.4. The lowest BCUT2D eigenvalue weighted by Crippen LogP contribution is -2.55. The number of carbonyl (C=O) groups is 1. The van der Waals surface area contributed by atoms with E-state index in [1.54, 1.807) is 19.3 Å². The summed E-state index contributed by atoms with van der Waals surface area (Å²) in [5.74, 6) is -0.334. The molecule has 0 bridgehead atoms. The molecule has 1 saturated carbocycles. The monoisotopic (exact) mass is 454 g/mol. The van der Waals surface area contributed by atoms with Gasteiger partial charge in [-0.05, 0) is 47.0 Å². The highest BCUT2D eigenvalue weighted by atomic mass is 16.6. The second kappa shape index (κ2) is 11.3. The zero-order chi connectivity index (χ0) is 23.9. The summed E-state index contributed by atoms with van der Waals surface area (Å²) in [6, 6.07) is 0. The van der Waals surface area contributed by atoms with Crippen molar-refractivity contribution < 1.29 is 23.7 Å². The Balaban J connectivity index is 1.59. The third kappa shape index (κ3) is 6.44. The SMILES string of the molecule is C/C=C/C=C/C=C/C=C/C=C/C(=O)O[C@@H]1CC[C@]2(CO2)[C@@H]([C@@]2(C)OC2CC=C(C)C)[C@@H]1OC. The van der Waals surface area contributed by atoms with Crippen LogP contribution < -0.4 is 0 Å². The zero-order valence-electron chi connectivity index (χ0n) is 20.5. The minimum Gasteiger partial charge on any atom is -0.456 e. The first-order valence-corrected chi connectivity index (χ1v) is 11.8. The number of rotatable bonds is 10. The topological polar surface area (TPSA) is 60.6 Å². The Morgan fingerprint density at radius 3 is 2.27 bits per heavy atom. The van der Waals surface area contributed by atoms with Crippen LogP contribution in [-0.2, 0) is 23.7 Å². The smallest absolute Gasteiger partial charge is 0.331 e. The summed E-state index contributed by atoms with van der Waals surface area (Å²) in [5.41, 5.74) is 0.732.